The van der Waals surface area contributed by atoms with Crippen LogP contribution in [-0.2, 0) is 22.7 Å². The van der Waals surface area contributed by atoms with E-state index < -0.39 is 60.8 Å². The first-order valence-electron chi connectivity index (χ1n) is 27.3. The zero-order chi connectivity index (χ0) is 59.0. The molecule has 0 aliphatic rings. The molecule has 8 rings (SSSR count). The van der Waals surface area contributed by atoms with Crippen molar-refractivity contribution in [3.05, 3.63) is 204 Å². The summed E-state index contributed by atoms with van der Waals surface area (Å²) in [5.41, 5.74) is 9.43. The van der Waals surface area contributed by atoms with Gasteiger partial charge in [-0.1, -0.05) is 125 Å². The largest absolute Gasteiger partial charge is 2.00 e. The van der Waals surface area contributed by atoms with E-state index in [-0.39, 0.29) is 113 Å². The van der Waals surface area contributed by atoms with Gasteiger partial charge in [-0.25, -0.2) is 8.78 Å². The molecule has 6 aromatic carbocycles. The molecule has 436 valence electrons. The molecule has 0 fully saturated rings. The summed E-state index contributed by atoms with van der Waals surface area (Å²) in [5, 5.41) is 69.2. The summed E-state index contributed by atoms with van der Waals surface area (Å²) in [7, 11) is 0. The third-order valence-electron chi connectivity index (χ3n) is 13.8. The second kappa shape index (κ2) is 32.3. The fourth-order valence-electron chi connectivity index (χ4n) is 10.4. The van der Waals surface area contributed by atoms with Crippen LogP contribution in [0.2, 0.25) is 0 Å². The number of carbonyl (C=O) groups excluding carboxylic acids is 4. The van der Waals surface area contributed by atoms with Crippen molar-refractivity contribution in [2.24, 2.45) is 0 Å². The van der Waals surface area contributed by atoms with Crippen LogP contribution in [0.15, 0.2) is 170 Å². The Bertz CT molecular complexity index is 3180. The number of anilines is 2. The van der Waals surface area contributed by atoms with Crippen molar-refractivity contribution < 1.29 is 58.6 Å². The molecule has 2 aromatic heterocycles. The van der Waals surface area contributed by atoms with Crippen molar-refractivity contribution >= 4 is 85.3 Å². The number of aliphatic hydroxyl groups excluding tert-OH is 4. The van der Waals surface area contributed by atoms with E-state index in [0.29, 0.717) is 56.1 Å². The van der Waals surface area contributed by atoms with Crippen molar-refractivity contribution in [2.45, 2.75) is 116 Å². The number of nitrogens with one attached hydrogen (secondary N) is 2. The monoisotopic (exact) mass is 1190 g/mol. The van der Waals surface area contributed by atoms with Crippen LogP contribution in [0, 0.1) is 11.6 Å². The summed E-state index contributed by atoms with van der Waals surface area (Å²) < 4.78 is 32.0. The molecule has 8 aromatic rings. The molecule has 4 atom stereocenters. The number of benzene rings is 6. The van der Waals surface area contributed by atoms with E-state index >= 15 is 0 Å². The molecule has 2 heterocycles. The topological polar surface area (TPSA) is 229 Å². The normalized spacial score (nSPS) is 12.4. The fourth-order valence-corrected chi connectivity index (χ4v) is 10.4. The third-order valence-corrected chi connectivity index (χ3v) is 13.8. The minimum absolute atomic E-state index is 0. The van der Waals surface area contributed by atoms with E-state index in [4.69, 9.17) is 0 Å². The van der Waals surface area contributed by atoms with Gasteiger partial charge in [-0.2, -0.15) is 0 Å². The molecule has 0 saturated heterocycles. The van der Waals surface area contributed by atoms with Crippen molar-refractivity contribution in [3.8, 4) is 44.8 Å². The Hall–Kier alpha value is -6.99. The van der Waals surface area contributed by atoms with E-state index in [2.05, 4.69) is 10.6 Å². The summed E-state index contributed by atoms with van der Waals surface area (Å²) in [5.74, 6) is -4.41. The zero-order valence-electron chi connectivity index (χ0n) is 47.3. The molecule has 0 bridgehead atoms. The molecular formula is C66H69CaClF2N4O10. The second-order valence-corrected chi connectivity index (χ2v) is 20.8. The number of amides is 2. The molecule has 0 aliphatic heterocycles. The van der Waals surface area contributed by atoms with Gasteiger partial charge in [-0.15, -0.1) is 12.4 Å². The Morgan fingerprint density at radius 2 is 0.750 bits per heavy atom. The van der Waals surface area contributed by atoms with Gasteiger partial charge in [0.2, 0.25) is 0 Å². The minimum Gasteiger partial charge on any atom is -0.550 e. The summed E-state index contributed by atoms with van der Waals surface area (Å²) in [6, 6.07) is 49.4. The smallest absolute Gasteiger partial charge is 0.550 e. The van der Waals surface area contributed by atoms with Crippen LogP contribution in [0.3, 0.4) is 0 Å². The van der Waals surface area contributed by atoms with Gasteiger partial charge in [0.05, 0.1) is 46.9 Å². The van der Waals surface area contributed by atoms with Crippen molar-refractivity contribution in [2.75, 3.05) is 10.6 Å². The SMILES string of the molecule is CC(C)c1c(C(=O)Nc2ccccc2)c(-c2ccccc2)c(-c2ccc(F)cc2)n1CC[C@@H](O)C[C@@H](O)CC(=O)[O-].CC(C)c1c(C(=O)Nc2ccccc2)c(-c2ccccc2)c(-c2ccc(F)cc2)n1CC[C@@H](O)C[C@@H](O)CC(=O)[O-].Cl.[Ca+2]. The maximum absolute atomic E-state index is 14.0. The number of hydrogen-bond donors (Lipinski definition) is 6. The Morgan fingerprint density at radius 1 is 0.452 bits per heavy atom. The zero-order valence-corrected chi connectivity index (χ0v) is 50.3. The number of aliphatic hydroxyl groups is 4. The van der Waals surface area contributed by atoms with Crippen molar-refractivity contribution in [1.82, 2.24) is 9.13 Å². The van der Waals surface area contributed by atoms with E-state index in [9.17, 15) is 58.6 Å². The summed E-state index contributed by atoms with van der Waals surface area (Å²) in [6.07, 6.45) is -5.54. The van der Waals surface area contributed by atoms with Gasteiger partial charge in [0.1, 0.15) is 11.6 Å². The number of rotatable bonds is 24. The molecule has 18 heteroatoms. The van der Waals surface area contributed by atoms with Crippen LogP contribution in [0.5, 0.6) is 0 Å². The van der Waals surface area contributed by atoms with E-state index in [1.165, 1.54) is 24.3 Å². The molecule has 6 N–H and O–H groups in total. The number of para-hydroxylation sites is 2. The van der Waals surface area contributed by atoms with Crippen molar-refractivity contribution in [1.29, 1.82) is 0 Å². The van der Waals surface area contributed by atoms with Gasteiger partial charge < -0.3 is 60.0 Å². The number of halogens is 3. The molecular weight excluding hydrogens is 1120 g/mol. The van der Waals surface area contributed by atoms with Crippen LogP contribution in [0.25, 0.3) is 44.8 Å². The quantitative estimate of drug-likeness (QED) is 0.0314. The Kier molecular flexibility index (Phi) is 26.1. The molecule has 0 spiro atoms. The van der Waals surface area contributed by atoms with E-state index in [1.54, 1.807) is 48.5 Å². The average molecular weight is 1190 g/mol. The maximum Gasteiger partial charge on any atom is 2.00 e. The Balaban J connectivity index is 0.000000300. The van der Waals surface area contributed by atoms with Crippen LogP contribution in [0.4, 0.5) is 20.2 Å². The summed E-state index contributed by atoms with van der Waals surface area (Å²) in [4.78, 5) is 49.8. The number of carboxylic acids is 2. The van der Waals surface area contributed by atoms with Crippen LogP contribution < -0.4 is 20.8 Å². The first-order valence-corrected chi connectivity index (χ1v) is 27.3. The standard InChI is InChI=1S/2C33H35FN2O5.Ca.ClH/c2*1-21(2)31-30(33(41)35-25-11-7-4-8-12-25)29(22-9-5-3-6-10-22)32(23-13-15-24(34)16-14-23)36(31)18-17-26(37)19-27(38)20-28(39)40;;/h2*3-16,21,26-27,37-38H,17-20H2,1-2H3,(H,35,41)(H,39,40);;1H/q;;+2;/p-2/t2*26-,27-;;/m11../s1. The number of carbonyl (C=O) groups is 4. The van der Waals surface area contributed by atoms with E-state index in [1.807, 2.05) is 134 Å². The van der Waals surface area contributed by atoms with Gasteiger partial charge >= 0.3 is 37.7 Å². The molecule has 2 amide bonds. The molecule has 0 radical (unpaired) electrons. The van der Waals surface area contributed by atoms with Gasteiger partial charge in [-0.3, -0.25) is 9.59 Å². The third kappa shape index (κ3) is 18.0. The molecule has 0 saturated carbocycles. The number of aromatic nitrogens is 2. The fraction of sp³-hybridized carbons (Fsp3) is 0.273. The Morgan fingerprint density at radius 3 is 1.04 bits per heavy atom. The summed E-state index contributed by atoms with van der Waals surface area (Å²) >= 11 is 0. The maximum atomic E-state index is 14.0. The second-order valence-electron chi connectivity index (χ2n) is 20.8. The number of nitrogens with zero attached hydrogens (tertiary/aromatic N) is 2. The van der Waals surface area contributed by atoms with Gasteiger partial charge in [-0.05, 0) is 133 Å². The van der Waals surface area contributed by atoms with Crippen molar-refractivity contribution in [3.63, 3.8) is 0 Å². The molecule has 14 nitrogen and oxygen atoms in total. The Labute approximate surface area is 524 Å². The molecule has 0 unspecified atom stereocenters. The average Bonchev–Trinajstić information content (AvgIpc) is 2.49. The summed E-state index contributed by atoms with van der Waals surface area (Å²) in [6.45, 7) is 8.45. The first kappa shape index (κ1) is 67.8. The number of hydrogen-bond acceptors (Lipinski definition) is 10. The van der Waals surface area contributed by atoms with Crippen LogP contribution in [-0.4, -0.2) is 115 Å². The number of aliphatic carboxylic acids is 2. The predicted molar refractivity (Wildman–Crippen MR) is 322 cm³/mol. The van der Waals surface area contributed by atoms with Gasteiger partial charge in [0, 0.05) is 71.8 Å². The number of carboxylic acid groups (broad SMARTS) is 2. The van der Waals surface area contributed by atoms with Gasteiger partial charge in [0.25, 0.3) is 11.8 Å². The van der Waals surface area contributed by atoms with Crippen LogP contribution in [0.1, 0.15) is 110 Å². The molecule has 84 heavy (non-hydrogen) atoms. The first-order chi connectivity index (χ1) is 39.3. The predicted octanol–water partition coefficient (Wildman–Crippen LogP) is 10.00. The van der Waals surface area contributed by atoms with E-state index in [0.717, 1.165) is 22.5 Å². The van der Waals surface area contributed by atoms with Gasteiger partial charge in [0.15, 0.2) is 0 Å². The minimum atomic E-state index is -1.39. The van der Waals surface area contributed by atoms with Crippen LogP contribution >= 0.6 is 12.4 Å². The molecule has 0 aliphatic carbocycles.